The number of hydrogen-bond donors (Lipinski definition) is 2. The highest BCUT2D eigenvalue weighted by Crippen LogP contribution is 2.07. The van der Waals surface area contributed by atoms with Crippen molar-refractivity contribution in [3.8, 4) is 5.75 Å². The van der Waals surface area contributed by atoms with Crippen LogP contribution in [0.15, 0.2) is 30.3 Å². The summed E-state index contributed by atoms with van der Waals surface area (Å²) in [6.45, 7) is 4.31. The van der Waals surface area contributed by atoms with Crippen molar-refractivity contribution in [3.63, 3.8) is 0 Å². The summed E-state index contributed by atoms with van der Waals surface area (Å²) in [5.74, 6) is 0.856. The highest BCUT2D eigenvalue weighted by Gasteiger charge is 2.09. The maximum atomic E-state index is 11.5. The molecule has 100 valence electrons. The lowest BCUT2D eigenvalue weighted by Crippen LogP contribution is -2.35. The molecule has 1 amide bonds. The number of amides is 1. The summed E-state index contributed by atoms with van der Waals surface area (Å²) >= 11 is 0. The van der Waals surface area contributed by atoms with Gasteiger partial charge in [0.1, 0.15) is 5.75 Å². The molecule has 1 aromatic carbocycles. The smallest absolute Gasteiger partial charge is 0.258 e. The molecule has 1 rings (SSSR count). The number of aliphatic hydroxyl groups is 1. The molecule has 0 heterocycles. The van der Waals surface area contributed by atoms with Gasteiger partial charge in [0, 0.05) is 6.54 Å². The fraction of sp³-hybridized carbons (Fsp3) is 0.500. The minimum Gasteiger partial charge on any atom is -0.484 e. The predicted molar refractivity (Wildman–Crippen MR) is 70.4 cm³/mol. The van der Waals surface area contributed by atoms with Crippen molar-refractivity contribution in [2.24, 2.45) is 5.92 Å². The van der Waals surface area contributed by atoms with Crippen LogP contribution in [-0.2, 0) is 4.79 Å². The standard InChI is InChI=1S/C14H21NO3/c1-11(2)8-12(16)9-15-14(17)10-18-13-6-4-3-5-7-13/h3-7,11-12,16H,8-10H2,1-2H3,(H,15,17). The first-order valence-electron chi connectivity index (χ1n) is 6.20. The Morgan fingerprint density at radius 2 is 2.00 bits per heavy atom. The summed E-state index contributed by atoms with van der Waals surface area (Å²) in [5, 5.41) is 12.2. The molecule has 4 nitrogen and oxygen atoms in total. The van der Waals surface area contributed by atoms with Crippen molar-refractivity contribution in [1.82, 2.24) is 5.32 Å². The Hall–Kier alpha value is -1.55. The molecule has 0 radical (unpaired) electrons. The fourth-order valence-corrected chi connectivity index (χ4v) is 1.58. The molecule has 0 saturated carbocycles. The Balaban J connectivity index is 2.18. The molecule has 0 bridgehead atoms. The summed E-state index contributed by atoms with van der Waals surface area (Å²) in [4.78, 5) is 11.5. The van der Waals surface area contributed by atoms with Crippen LogP contribution in [-0.4, -0.2) is 30.3 Å². The molecule has 1 unspecified atom stereocenters. The molecule has 1 atom stereocenters. The molecule has 18 heavy (non-hydrogen) atoms. The van der Waals surface area contributed by atoms with E-state index in [0.717, 1.165) is 0 Å². The molecule has 0 aliphatic heterocycles. The lowest BCUT2D eigenvalue weighted by molar-refractivity contribution is -0.123. The monoisotopic (exact) mass is 251 g/mol. The Bertz CT molecular complexity index is 351. The second-order valence-corrected chi connectivity index (χ2v) is 4.69. The molecule has 0 fully saturated rings. The van der Waals surface area contributed by atoms with E-state index in [9.17, 15) is 9.90 Å². The van der Waals surface area contributed by atoms with Crippen molar-refractivity contribution in [1.29, 1.82) is 0 Å². The Morgan fingerprint density at radius 3 is 2.61 bits per heavy atom. The third kappa shape index (κ3) is 6.25. The number of benzene rings is 1. The van der Waals surface area contributed by atoms with E-state index >= 15 is 0 Å². The van der Waals surface area contributed by atoms with Crippen LogP contribution in [0, 0.1) is 5.92 Å². The van der Waals surface area contributed by atoms with Gasteiger partial charge in [0.05, 0.1) is 6.10 Å². The van der Waals surface area contributed by atoms with Crippen molar-refractivity contribution in [2.75, 3.05) is 13.2 Å². The molecular weight excluding hydrogens is 230 g/mol. The fourth-order valence-electron chi connectivity index (χ4n) is 1.58. The Morgan fingerprint density at radius 1 is 1.33 bits per heavy atom. The second kappa shape index (κ2) is 7.71. The van der Waals surface area contributed by atoms with Crippen molar-refractivity contribution in [3.05, 3.63) is 30.3 Å². The van der Waals surface area contributed by atoms with Crippen LogP contribution in [0.1, 0.15) is 20.3 Å². The number of aliphatic hydroxyl groups excluding tert-OH is 1. The lowest BCUT2D eigenvalue weighted by Gasteiger charge is -2.14. The van der Waals surface area contributed by atoms with Gasteiger partial charge < -0.3 is 15.2 Å². The maximum Gasteiger partial charge on any atom is 0.258 e. The van der Waals surface area contributed by atoms with Crippen LogP contribution in [0.25, 0.3) is 0 Å². The average molecular weight is 251 g/mol. The zero-order chi connectivity index (χ0) is 13.4. The van der Waals surface area contributed by atoms with E-state index in [4.69, 9.17) is 4.74 Å². The summed E-state index contributed by atoms with van der Waals surface area (Å²) in [5.41, 5.74) is 0. The van der Waals surface area contributed by atoms with Crippen LogP contribution < -0.4 is 10.1 Å². The largest absolute Gasteiger partial charge is 0.484 e. The molecule has 0 aliphatic carbocycles. The molecule has 0 aliphatic rings. The summed E-state index contributed by atoms with van der Waals surface area (Å²) < 4.78 is 5.29. The molecule has 1 aromatic rings. The van der Waals surface area contributed by atoms with Gasteiger partial charge in [-0.05, 0) is 24.5 Å². The number of rotatable bonds is 7. The zero-order valence-corrected chi connectivity index (χ0v) is 10.9. The summed E-state index contributed by atoms with van der Waals surface area (Å²) in [7, 11) is 0. The Labute approximate surface area is 108 Å². The van der Waals surface area contributed by atoms with Gasteiger partial charge in [0.2, 0.25) is 0 Å². The predicted octanol–water partition coefficient (Wildman–Crippen LogP) is 1.59. The van der Waals surface area contributed by atoms with Crippen LogP contribution in [0.3, 0.4) is 0 Å². The number of carbonyl (C=O) groups excluding carboxylic acids is 1. The molecule has 0 spiro atoms. The van der Waals surface area contributed by atoms with Crippen LogP contribution >= 0.6 is 0 Å². The van der Waals surface area contributed by atoms with Crippen molar-refractivity contribution < 1.29 is 14.6 Å². The topological polar surface area (TPSA) is 58.6 Å². The average Bonchev–Trinajstić information content (AvgIpc) is 2.34. The van der Waals surface area contributed by atoms with Crippen molar-refractivity contribution in [2.45, 2.75) is 26.4 Å². The molecular formula is C14H21NO3. The third-order valence-corrected chi connectivity index (χ3v) is 2.39. The van der Waals surface area contributed by atoms with Crippen LogP contribution in [0.4, 0.5) is 0 Å². The van der Waals surface area contributed by atoms with E-state index in [1.54, 1.807) is 12.1 Å². The number of ether oxygens (including phenoxy) is 1. The van der Waals surface area contributed by atoms with Gasteiger partial charge >= 0.3 is 0 Å². The minimum absolute atomic E-state index is 0.0294. The number of nitrogens with one attached hydrogen (secondary N) is 1. The molecule has 2 N–H and O–H groups in total. The van der Waals surface area contributed by atoms with Gasteiger partial charge in [-0.25, -0.2) is 0 Å². The SMILES string of the molecule is CC(C)CC(O)CNC(=O)COc1ccccc1. The quantitative estimate of drug-likeness (QED) is 0.773. The van der Waals surface area contributed by atoms with Crippen LogP contribution in [0.5, 0.6) is 5.75 Å². The van der Waals surface area contributed by atoms with Gasteiger partial charge in [0.25, 0.3) is 5.91 Å². The normalized spacial score (nSPS) is 12.2. The number of para-hydroxylation sites is 1. The minimum atomic E-state index is -0.495. The van der Waals surface area contributed by atoms with E-state index in [1.807, 2.05) is 32.0 Å². The maximum absolute atomic E-state index is 11.5. The van der Waals surface area contributed by atoms with Gasteiger partial charge in [-0.1, -0.05) is 32.0 Å². The lowest BCUT2D eigenvalue weighted by atomic mass is 10.1. The summed E-state index contributed by atoms with van der Waals surface area (Å²) in [6, 6.07) is 9.16. The van der Waals surface area contributed by atoms with Crippen LogP contribution in [0.2, 0.25) is 0 Å². The van der Waals surface area contributed by atoms with E-state index in [2.05, 4.69) is 5.32 Å². The molecule has 4 heteroatoms. The van der Waals surface area contributed by atoms with Gasteiger partial charge in [-0.15, -0.1) is 0 Å². The first kappa shape index (κ1) is 14.5. The highest BCUT2D eigenvalue weighted by molar-refractivity contribution is 5.77. The first-order chi connectivity index (χ1) is 8.58. The first-order valence-corrected chi connectivity index (χ1v) is 6.20. The zero-order valence-electron chi connectivity index (χ0n) is 10.9. The Kier molecular flexibility index (Phi) is 6.22. The van der Waals surface area contributed by atoms with E-state index in [1.165, 1.54) is 0 Å². The third-order valence-electron chi connectivity index (χ3n) is 2.39. The summed E-state index contributed by atoms with van der Waals surface area (Å²) in [6.07, 6.45) is 0.186. The second-order valence-electron chi connectivity index (χ2n) is 4.69. The van der Waals surface area contributed by atoms with Gasteiger partial charge in [0.15, 0.2) is 6.61 Å². The molecule has 0 saturated heterocycles. The van der Waals surface area contributed by atoms with E-state index in [0.29, 0.717) is 18.1 Å². The van der Waals surface area contributed by atoms with Gasteiger partial charge in [-0.3, -0.25) is 4.79 Å². The molecule has 0 aromatic heterocycles. The van der Waals surface area contributed by atoms with E-state index < -0.39 is 6.10 Å². The van der Waals surface area contributed by atoms with Crippen molar-refractivity contribution >= 4 is 5.91 Å². The number of hydrogen-bond acceptors (Lipinski definition) is 3. The highest BCUT2D eigenvalue weighted by atomic mass is 16.5. The van der Waals surface area contributed by atoms with Gasteiger partial charge in [-0.2, -0.15) is 0 Å². The van der Waals surface area contributed by atoms with E-state index in [-0.39, 0.29) is 19.1 Å². The number of carbonyl (C=O) groups is 1.